The summed E-state index contributed by atoms with van der Waals surface area (Å²) in [6.07, 6.45) is 3.80. The number of aryl methyl sites for hydroxylation is 1. The number of nitrogens with two attached hydrogens (primary N) is 1. The molecule has 0 saturated carbocycles. The highest BCUT2D eigenvalue weighted by Gasteiger charge is 2.21. The summed E-state index contributed by atoms with van der Waals surface area (Å²) in [6.45, 7) is 1.54. The van der Waals surface area contributed by atoms with Crippen LogP contribution in [-0.4, -0.2) is 14.8 Å². The Morgan fingerprint density at radius 1 is 1.41 bits per heavy atom. The molecule has 0 fully saturated rings. The summed E-state index contributed by atoms with van der Waals surface area (Å²) in [7, 11) is 0. The lowest BCUT2D eigenvalue weighted by molar-refractivity contribution is 0.423. The van der Waals surface area contributed by atoms with Crippen LogP contribution in [0.4, 0.5) is 0 Å². The molecule has 0 bridgehead atoms. The largest absolute Gasteiger partial charge is 0.326 e. The van der Waals surface area contributed by atoms with Gasteiger partial charge in [-0.3, -0.25) is 0 Å². The van der Waals surface area contributed by atoms with Gasteiger partial charge in [-0.15, -0.1) is 0 Å². The molecule has 17 heavy (non-hydrogen) atoms. The number of benzene rings is 1. The van der Waals surface area contributed by atoms with Crippen molar-refractivity contribution in [3.8, 4) is 0 Å². The maximum Gasteiger partial charge on any atom is 0.138 e. The summed E-state index contributed by atoms with van der Waals surface area (Å²) >= 11 is 0. The zero-order chi connectivity index (χ0) is 11.7. The molecule has 1 atom stereocenters. The van der Waals surface area contributed by atoms with Crippen molar-refractivity contribution in [2.24, 2.45) is 5.73 Å². The normalized spacial score (nSPS) is 19.0. The first kappa shape index (κ1) is 10.5. The molecule has 0 aliphatic carbocycles. The lowest BCUT2D eigenvalue weighted by Crippen LogP contribution is -2.20. The molecule has 2 aromatic rings. The van der Waals surface area contributed by atoms with Gasteiger partial charge in [0.2, 0.25) is 0 Å². The van der Waals surface area contributed by atoms with Crippen LogP contribution in [0.5, 0.6) is 0 Å². The van der Waals surface area contributed by atoms with Gasteiger partial charge in [-0.2, -0.15) is 5.10 Å². The third kappa shape index (κ3) is 1.96. The van der Waals surface area contributed by atoms with E-state index in [1.165, 1.54) is 11.1 Å². The summed E-state index contributed by atoms with van der Waals surface area (Å²) in [4.78, 5) is 4.25. The van der Waals surface area contributed by atoms with Gasteiger partial charge in [0.15, 0.2) is 0 Å². The number of fused-ring (bicyclic) bond motifs is 1. The van der Waals surface area contributed by atoms with Crippen molar-refractivity contribution in [1.82, 2.24) is 14.8 Å². The van der Waals surface area contributed by atoms with Crippen LogP contribution in [-0.2, 0) is 19.5 Å². The second-order valence-electron chi connectivity index (χ2n) is 4.54. The molecule has 4 nitrogen and oxygen atoms in total. The van der Waals surface area contributed by atoms with Gasteiger partial charge in [0.25, 0.3) is 0 Å². The summed E-state index contributed by atoms with van der Waals surface area (Å²) in [6, 6.07) is 8.57. The molecule has 2 N–H and O–H groups in total. The highest BCUT2D eigenvalue weighted by Crippen LogP contribution is 2.27. The van der Waals surface area contributed by atoms with Crippen LogP contribution in [0.1, 0.15) is 29.3 Å². The number of aromatic nitrogens is 3. The van der Waals surface area contributed by atoms with E-state index < -0.39 is 0 Å². The van der Waals surface area contributed by atoms with Crippen LogP contribution in [0.25, 0.3) is 0 Å². The molecule has 88 valence electrons. The minimum Gasteiger partial charge on any atom is -0.326 e. The first-order valence-electron chi connectivity index (χ1n) is 6.02. The van der Waals surface area contributed by atoms with E-state index in [9.17, 15) is 0 Å². The van der Waals surface area contributed by atoms with Crippen molar-refractivity contribution in [3.63, 3.8) is 0 Å². The molecule has 0 spiro atoms. The molecule has 0 amide bonds. The van der Waals surface area contributed by atoms with E-state index in [-0.39, 0.29) is 0 Å². The minimum absolute atomic E-state index is 0.538. The molecule has 1 aliphatic rings. The van der Waals surface area contributed by atoms with Gasteiger partial charge in [-0.25, -0.2) is 9.67 Å². The SMILES string of the molecule is NCc1cccc(C2CCc3ncnn3C2)c1. The van der Waals surface area contributed by atoms with E-state index in [4.69, 9.17) is 5.73 Å². The third-order valence-corrected chi connectivity index (χ3v) is 3.46. The molecular weight excluding hydrogens is 212 g/mol. The first-order valence-corrected chi connectivity index (χ1v) is 6.02. The zero-order valence-corrected chi connectivity index (χ0v) is 9.71. The smallest absolute Gasteiger partial charge is 0.138 e. The molecule has 4 heteroatoms. The maximum atomic E-state index is 5.68. The lowest BCUT2D eigenvalue weighted by atomic mass is 9.91. The van der Waals surface area contributed by atoms with Gasteiger partial charge in [0, 0.05) is 25.4 Å². The molecule has 1 aliphatic heterocycles. The summed E-state index contributed by atoms with van der Waals surface area (Å²) in [5, 5.41) is 4.26. The second-order valence-corrected chi connectivity index (χ2v) is 4.54. The van der Waals surface area contributed by atoms with Crippen LogP contribution in [0.2, 0.25) is 0 Å². The molecule has 1 aromatic heterocycles. The Morgan fingerprint density at radius 3 is 3.24 bits per heavy atom. The minimum atomic E-state index is 0.538. The maximum absolute atomic E-state index is 5.68. The Kier molecular flexibility index (Phi) is 2.65. The Morgan fingerprint density at radius 2 is 2.35 bits per heavy atom. The fourth-order valence-electron chi connectivity index (χ4n) is 2.48. The number of nitrogens with zero attached hydrogens (tertiary/aromatic N) is 3. The first-order chi connectivity index (χ1) is 8.36. The fraction of sp³-hybridized carbons (Fsp3) is 0.385. The predicted molar refractivity (Wildman–Crippen MR) is 65.4 cm³/mol. The van der Waals surface area contributed by atoms with Gasteiger partial charge < -0.3 is 5.73 Å². The number of hydrogen-bond donors (Lipinski definition) is 1. The van der Waals surface area contributed by atoms with E-state index in [0.29, 0.717) is 12.5 Å². The van der Waals surface area contributed by atoms with Gasteiger partial charge in [-0.1, -0.05) is 24.3 Å². The van der Waals surface area contributed by atoms with E-state index in [2.05, 4.69) is 34.3 Å². The van der Waals surface area contributed by atoms with E-state index in [0.717, 1.165) is 25.2 Å². The predicted octanol–water partition coefficient (Wildman–Crippen LogP) is 1.47. The van der Waals surface area contributed by atoms with Gasteiger partial charge in [0.1, 0.15) is 12.2 Å². The molecule has 0 radical (unpaired) electrons. The Labute approximate surface area is 100 Å². The highest BCUT2D eigenvalue weighted by molar-refractivity contribution is 5.27. The lowest BCUT2D eigenvalue weighted by Gasteiger charge is -2.23. The summed E-state index contributed by atoms with van der Waals surface area (Å²) < 4.78 is 2.02. The van der Waals surface area contributed by atoms with Crippen LogP contribution in [0, 0.1) is 0 Å². The van der Waals surface area contributed by atoms with Crippen LogP contribution in [0.3, 0.4) is 0 Å². The Balaban J connectivity index is 1.86. The van der Waals surface area contributed by atoms with Crippen molar-refractivity contribution in [3.05, 3.63) is 47.5 Å². The fourth-order valence-corrected chi connectivity index (χ4v) is 2.48. The quantitative estimate of drug-likeness (QED) is 0.846. The monoisotopic (exact) mass is 228 g/mol. The topological polar surface area (TPSA) is 56.7 Å². The van der Waals surface area contributed by atoms with Crippen molar-refractivity contribution in [2.45, 2.75) is 31.8 Å². The average Bonchev–Trinajstić information content (AvgIpc) is 2.86. The Bertz CT molecular complexity index is 518. The van der Waals surface area contributed by atoms with Crippen LogP contribution in [0.15, 0.2) is 30.6 Å². The van der Waals surface area contributed by atoms with E-state index >= 15 is 0 Å². The van der Waals surface area contributed by atoms with Gasteiger partial charge in [0.05, 0.1) is 0 Å². The van der Waals surface area contributed by atoms with Crippen molar-refractivity contribution in [1.29, 1.82) is 0 Å². The molecule has 2 heterocycles. The summed E-state index contributed by atoms with van der Waals surface area (Å²) in [5.74, 6) is 1.65. The van der Waals surface area contributed by atoms with E-state index in [1.54, 1.807) is 6.33 Å². The molecule has 3 rings (SSSR count). The number of hydrogen-bond acceptors (Lipinski definition) is 3. The van der Waals surface area contributed by atoms with E-state index in [1.807, 2.05) is 4.68 Å². The van der Waals surface area contributed by atoms with Gasteiger partial charge >= 0.3 is 0 Å². The second kappa shape index (κ2) is 4.30. The zero-order valence-electron chi connectivity index (χ0n) is 9.71. The molecule has 1 aromatic carbocycles. The molecular formula is C13H16N4. The molecule has 0 saturated heterocycles. The average molecular weight is 228 g/mol. The number of rotatable bonds is 2. The highest BCUT2D eigenvalue weighted by atomic mass is 15.3. The van der Waals surface area contributed by atoms with Crippen LogP contribution >= 0.6 is 0 Å². The standard InChI is InChI=1S/C13H16N4/c14-7-10-2-1-3-11(6-10)12-4-5-13-15-9-16-17(13)8-12/h1-3,6,9,12H,4-5,7-8,14H2. The third-order valence-electron chi connectivity index (χ3n) is 3.46. The van der Waals surface area contributed by atoms with Crippen LogP contribution < -0.4 is 5.73 Å². The van der Waals surface area contributed by atoms with Crippen molar-refractivity contribution >= 4 is 0 Å². The molecule has 1 unspecified atom stereocenters. The summed E-state index contributed by atoms with van der Waals surface area (Å²) in [5.41, 5.74) is 8.25. The van der Waals surface area contributed by atoms with Crippen molar-refractivity contribution < 1.29 is 0 Å². The van der Waals surface area contributed by atoms with Gasteiger partial charge in [-0.05, 0) is 17.5 Å². The Hall–Kier alpha value is -1.68. The van der Waals surface area contributed by atoms with Crippen molar-refractivity contribution in [2.75, 3.05) is 0 Å².